The minimum atomic E-state index is -0.180. The first-order chi connectivity index (χ1) is 5.24. The van der Waals surface area contributed by atoms with Gasteiger partial charge in [0.1, 0.15) is 6.10 Å². The third-order valence-electron chi connectivity index (χ3n) is 2.08. The van der Waals surface area contributed by atoms with Crippen molar-refractivity contribution < 1.29 is 9.53 Å². The zero-order valence-corrected chi connectivity index (χ0v) is 7.30. The molecular weight excluding hydrogens is 140 g/mol. The fraction of sp³-hybridized carbons (Fsp3) is 0.889. The molecule has 0 aromatic carbocycles. The largest absolute Gasteiger partial charge is 0.370 e. The van der Waals surface area contributed by atoms with Gasteiger partial charge >= 0.3 is 0 Å². The summed E-state index contributed by atoms with van der Waals surface area (Å²) in [5.41, 5.74) is 0. The van der Waals surface area contributed by atoms with E-state index >= 15 is 0 Å². The molecule has 0 aromatic heterocycles. The van der Waals surface area contributed by atoms with E-state index < -0.39 is 0 Å². The molecule has 2 nitrogen and oxygen atoms in total. The first-order valence-electron chi connectivity index (χ1n) is 4.38. The molecule has 0 N–H and O–H groups in total. The molecule has 1 fully saturated rings. The molecule has 0 bridgehead atoms. The summed E-state index contributed by atoms with van der Waals surface area (Å²) in [4.78, 5) is 11.0. The van der Waals surface area contributed by atoms with Crippen LogP contribution < -0.4 is 0 Å². The van der Waals surface area contributed by atoms with Gasteiger partial charge in [-0.3, -0.25) is 4.79 Å². The van der Waals surface area contributed by atoms with Gasteiger partial charge in [-0.25, -0.2) is 0 Å². The van der Waals surface area contributed by atoms with Gasteiger partial charge in [0.15, 0.2) is 5.78 Å². The van der Waals surface area contributed by atoms with E-state index in [1.54, 1.807) is 0 Å². The second-order valence-electron chi connectivity index (χ2n) is 3.24. The Bertz CT molecular complexity index is 138. The van der Waals surface area contributed by atoms with Gasteiger partial charge < -0.3 is 4.74 Å². The maximum Gasteiger partial charge on any atom is 0.160 e. The lowest BCUT2D eigenvalue weighted by Gasteiger charge is -2.09. The lowest BCUT2D eigenvalue weighted by atomic mass is 10.2. The van der Waals surface area contributed by atoms with Crippen LogP contribution in [0.3, 0.4) is 0 Å². The van der Waals surface area contributed by atoms with Gasteiger partial charge in [0.05, 0.1) is 6.61 Å². The SMILES string of the molecule is CCC(=O)C(C)OCC1CC1. The number of hydrogen-bond acceptors (Lipinski definition) is 2. The maximum absolute atomic E-state index is 11.0. The first-order valence-corrected chi connectivity index (χ1v) is 4.38. The van der Waals surface area contributed by atoms with Gasteiger partial charge in [0.25, 0.3) is 0 Å². The van der Waals surface area contributed by atoms with Crippen molar-refractivity contribution in [3.8, 4) is 0 Å². The molecule has 11 heavy (non-hydrogen) atoms. The van der Waals surface area contributed by atoms with E-state index in [4.69, 9.17) is 4.74 Å². The fourth-order valence-electron chi connectivity index (χ4n) is 0.945. The summed E-state index contributed by atoms with van der Waals surface area (Å²) in [5.74, 6) is 0.966. The number of carbonyl (C=O) groups excluding carboxylic acids is 1. The Morgan fingerprint density at radius 2 is 2.27 bits per heavy atom. The Morgan fingerprint density at radius 3 is 2.73 bits per heavy atom. The summed E-state index contributed by atoms with van der Waals surface area (Å²) in [5, 5.41) is 0. The van der Waals surface area contributed by atoms with Crippen molar-refractivity contribution in [1.29, 1.82) is 0 Å². The average Bonchev–Trinajstić information content (AvgIpc) is 2.81. The molecule has 0 amide bonds. The molecule has 0 aliphatic heterocycles. The van der Waals surface area contributed by atoms with Gasteiger partial charge in [-0.1, -0.05) is 6.92 Å². The number of rotatable bonds is 5. The minimum absolute atomic E-state index is 0.180. The van der Waals surface area contributed by atoms with Crippen molar-refractivity contribution in [3.63, 3.8) is 0 Å². The average molecular weight is 156 g/mol. The number of ketones is 1. The van der Waals surface area contributed by atoms with E-state index in [0.29, 0.717) is 6.42 Å². The van der Waals surface area contributed by atoms with Crippen LogP contribution in [0.15, 0.2) is 0 Å². The molecule has 0 heterocycles. The Labute approximate surface area is 67.9 Å². The summed E-state index contributed by atoms with van der Waals surface area (Å²) >= 11 is 0. The second-order valence-corrected chi connectivity index (χ2v) is 3.24. The van der Waals surface area contributed by atoms with Crippen LogP contribution in [-0.2, 0) is 9.53 Å². The molecule has 1 rings (SSSR count). The van der Waals surface area contributed by atoms with Gasteiger partial charge in [-0.05, 0) is 25.7 Å². The van der Waals surface area contributed by atoms with E-state index in [0.717, 1.165) is 12.5 Å². The third-order valence-corrected chi connectivity index (χ3v) is 2.08. The van der Waals surface area contributed by atoms with Crippen LogP contribution in [0.25, 0.3) is 0 Å². The van der Waals surface area contributed by atoms with Gasteiger partial charge in [-0.15, -0.1) is 0 Å². The second kappa shape index (κ2) is 3.86. The van der Waals surface area contributed by atoms with Crippen molar-refractivity contribution >= 4 is 5.78 Å². The predicted molar refractivity (Wildman–Crippen MR) is 43.4 cm³/mol. The van der Waals surface area contributed by atoms with Crippen LogP contribution in [-0.4, -0.2) is 18.5 Å². The smallest absolute Gasteiger partial charge is 0.160 e. The Morgan fingerprint density at radius 1 is 1.64 bits per heavy atom. The minimum Gasteiger partial charge on any atom is -0.370 e. The number of carbonyl (C=O) groups is 1. The van der Waals surface area contributed by atoms with Crippen LogP contribution in [0.1, 0.15) is 33.1 Å². The van der Waals surface area contributed by atoms with Crippen molar-refractivity contribution in [2.45, 2.75) is 39.2 Å². The fourth-order valence-corrected chi connectivity index (χ4v) is 0.945. The van der Waals surface area contributed by atoms with Crippen molar-refractivity contribution in [3.05, 3.63) is 0 Å². The highest BCUT2D eigenvalue weighted by Crippen LogP contribution is 2.29. The van der Waals surface area contributed by atoms with Crippen molar-refractivity contribution in [1.82, 2.24) is 0 Å². The lowest BCUT2D eigenvalue weighted by molar-refractivity contribution is -0.129. The van der Waals surface area contributed by atoms with Crippen LogP contribution in [0, 0.1) is 5.92 Å². The predicted octanol–water partition coefficient (Wildman–Crippen LogP) is 1.78. The van der Waals surface area contributed by atoms with E-state index in [1.165, 1.54) is 12.8 Å². The van der Waals surface area contributed by atoms with Gasteiger partial charge in [0.2, 0.25) is 0 Å². The normalized spacial score (nSPS) is 19.8. The molecule has 0 aromatic rings. The molecule has 64 valence electrons. The third kappa shape index (κ3) is 3.02. The summed E-state index contributed by atoms with van der Waals surface area (Å²) in [7, 11) is 0. The van der Waals surface area contributed by atoms with E-state index in [-0.39, 0.29) is 11.9 Å². The highest BCUT2D eigenvalue weighted by atomic mass is 16.5. The standard InChI is InChI=1S/C9H16O2/c1-3-9(10)7(2)11-6-8-4-5-8/h7-8H,3-6H2,1-2H3. The zero-order valence-electron chi connectivity index (χ0n) is 7.30. The summed E-state index contributed by atoms with van der Waals surface area (Å²) in [6.45, 7) is 4.50. The van der Waals surface area contributed by atoms with Crippen molar-refractivity contribution in [2.75, 3.05) is 6.61 Å². The quantitative estimate of drug-likeness (QED) is 0.606. The highest BCUT2D eigenvalue weighted by Gasteiger charge is 2.23. The first kappa shape index (κ1) is 8.72. The van der Waals surface area contributed by atoms with Crippen LogP contribution >= 0.6 is 0 Å². The summed E-state index contributed by atoms with van der Waals surface area (Å²) in [6, 6.07) is 0. The van der Waals surface area contributed by atoms with E-state index in [1.807, 2.05) is 13.8 Å². The Balaban J connectivity index is 2.08. The summed E-state index contributed by atoms with van der Waals surface area (Å²) < 4.78 is 5.37. The molecular formula is C9H16O2. The molecule has 0 radical (unpaired) electrons. The number of ether oxygens (including phenoxy) is 1. The van der Waals surface area contributed by atoms with Crippen LogP contribution in [0.5, 0.6) is 0 Å². The van der Waals surface area contributed by atoms with Crippen molar-refractivity contribution in [2.24, 2.45) is 5.92 Å². The van der Waals surface area contributed by atoms with E-state index in [9.17, 15) is 4.79 Å². The molecule has 1 atom stereocenters. The van der Waals surface area contributed by atoms with Gasteiger partial charge in [0, 0.05) is 6.42 Å². The molecule has 1 aliphatic carbocycles. The molecule has 1 unspecified atom stereocenters. The number of hydrogen-bond donors (Lipinski definition) is 0. The topological polar surface area (TPSA) is 26.3 Å². The summed E-state index contributed by atoms with van der Waals surface area (Å²) in [6.07, 6.45) is 2.98. The molecule has 0 saturated heterocycles. The maximum atomic E-state index is 11.0. The van der Waals surface area contributed by atoms with Crippen LogP contribution in [0.4, 0.5) is 0 Å². The number of Topliss-reactive ketones (excluding diaryl/α,β-unsaturated/α-hetero) is 1. The van der Waals surface area contributed by atoms with Gasteiger partial charge in [-0.2, -0.15) is 0 Å². The highest BCUT2D eigenvalue weighted by molar-refractivity contribution is 5.82. The molecule has 0 spiro atoms. The molecule has 2 heteroatoms. The van der Waals surface area contributed by atoms with E-state index in [2.05, 4.69) is 0 Å². The van der Waals surface area contributed by atoms with Crippen LogP contribution in [0.2, 0.25) is 0 Å². The zero-order chi connectivity index (χ0) is 8.27. The monoisotopic (exact) mass is 156 g/mol. The Hall–Kier alpha value is -0.370. The molecule has 1 aliphatic rings. The molecule has 1 saturated carbocycles. The Kier molecular flexibility index (Phi) is 3.06. The lowest BCUT2D eigenvalue weighted by Crippen LogP contribution is -2.20.